The molecule has 1 aromatic heterocycles. The quantitative estimate of drug-likeness (QED) is 0.858. The van der Waals surface area contributed by atoms with Gasteiger partial charge in [-0.25, -0.2) is 0 Å². The minimum Gasteiger partial charge on any atom is -0.390 e. The van der Waals surface area contributed by atoms with Crippen molar-refractivity contribution in [3.63, 3.8) is 0 Å². The van der Waals surface area contributed by atoms with Crippen LogP contribution in [0.5, 0.6) is 0 Å². The van der Waals surface area contributed by atoms with Gasteiger partial charge in [-0.2, -0.15) is 5.10 Å². The number of aliphatic hydroxyl groups excluding tert-OH is 1. The summed E-state index contributed by atoms with van der Waals surface area (Å²) in [6, 6.07) is 0. The number of aryl methyl sites for hydroxylation is 1. The van der Waals surface area contributed by atoms with Crippen LogP contribution in [-0.4, -0.2) is 31.7 Å². The Balaban J connectivity index is 1.96. The van der Waals surface area contributed by atoms with Gasteiger partial charge in [-0.3, -0.25) is 4.68 Å². The molecule has 1 unspecified atom stereocenters. The molecule has 18 heavy (non-hydrogen) atoms. The molecule has 1 atom stereocenters. The van der Waals surface area contributed by atoms with Crippen LogP contribution in [0.15, 0.2) is 12.4 Å². The van der Waals surface area contributed by atoms with Crippen molar-refractivity contribution in [1.82, 2.24) is 9.78 Å². The van der Waals surface area contributed by atoms with Crippen LogP contribution in [-0.2, 0) is 13.0 Å². The average Bonchev–Trinajstić information content (AvgIpc) is 2.81. The highest BCUT2D eigenvalue weighted by Crippen LogP contribution is 2.35. The Morgan fingerprint density at radius 2 is 2.17 bits per heavy atom. The summed E-state index contributed by atoms with van der Waals surface area (Å²) in [5.74, 6) is 0.667. The first-order valence-electron chi connectivity index (χ1n) is 6.95. The first-order chi connectivity index (χ1) is 8.53. The lowest BCUT2D eigenvalue weighted by atomic mass is 9.75. The number of nitrogens with zero attached hydrogens (tertiary/aromatic N) is 2. The van der Waals surface area contributed by atoms with Crippen LogP contribution in [0.2, 0.25) is 0 Å². The maximum absolute atomic E-state index is 10.5. The van der Waals surface area contributed by atoms with Gasteiger partial charge in [0.05, 0.1) is 17.9 Å². The van der Waals surface area contributed by atoms with Gasteiger partial charge in [0.25, 0.3) is 0 Å². The molecular formula is C14H24N2O2. The van der Waals surface area contributed by atoms with Crippen LogP contribution < -0.4 is 0 Å². The monoisotopic (exact) mass is 252 g/mol. The lowest BCUT2D eigenvalue weighted by molar-refractivity contribution is -0.102. The van der Waals surface area contributed by atoms with Crippen LogP contribution in [0.3, 0.4) is 0 Å². The molecule has 1 aromatic rings. The van der Waals surface area contributed by atoms with E-state index >= 15 is 0 Å². The molecule has 0 aliphatic heterocycles. The SMILES string of the molecule is CCn1cc(CC(O)C2(O)CCC(C)CC2)cn1. The summed E-state index contributed by atoms with van der Waals surface area (Å²) in [5, 5.41) is 25.0. The molecule has 2 rings (SSSR count). The third-order valence-corrected chi connectivity index (χ3v) is 4.20. The lowest BCUT2D eigenvalue weighted by Crippen LogP contribution is -2.46. The summed E-state index contributed by atoms with van der Waals surface area (Å²) in [6.07, 6.45) is 6.95. The topological polar surface area (TPSA) is 58.3 Å². The van der Waals surface area contributed by atoms with Gasteiger partial charge >= 0.3 is 0 Å². The molecule has 0 spiro atoms. The van der Waals surface area contributed by atoms with Crippen molar-refractivity contribution in [3.05, 3.63) is 18.0 Å². The fourth-order valence-corrected chi connectivity index (χ4v) is 2.69. The second-order valence-corrected chi connectivity index (χ2v) is 5.71. The van der Waals surface area contributed by atoms with E-state index in [1.807, 2.05) is 17.8 Å². The summed E-state index contributed by atoms with van der Waals surface area (Å²) < 4.78 is 1.84. The third kappa shape index (κ3) is 2.93. The molecule has 1 fully saturated rings. The van der Waals surface area contributed by atoms with Gasteiger partial charge < -0.3 is 10.2 Å². The second kappa shape index (κ2) is 5.41. The number of rotatable bonds is 4. The highest BCUT2D eigenvalue weighted by molar-refractivity contribution is 5.08. The summed E-state index contributed by atoms with van der Waals surface area (Å²) >= 11 is 0. The Morgan fingerprint density at radius 1 is 1.50 bits per heavy atom. The fourth-order valence-electron chi connectivity index (χ4n) is 2.69. The van der Waals surface area contributed by atoms with Crippen molar-refractivity contribution in [2.75, 3.05) is 0 Å². The van der Waals surface area contributed by atoms with Crippen molar-refractivity contribution in [3.8, 4) is 0 Å². The lowest BCUT2D eigenvalue weighted by Gasteiger charge is -2.38. The number of hydrogen-bond acceptors (Lipinski definition) is 3. The standard InChI is InChI=1S/C14H24N2O2/c1-3-16-10-12(9-15-16)8-13(17)14(18)6-4-11(2)5-7-14/h9-11,13,17-18H,3-8H2,1-2H3. The number of aliphatic hydroxyl groups is 2. The second-order valence-electron chi connectivity index (χ2n) is 5.71. The minimum absolute atomic E-state index is 0.491. The number of aromatic nitrogens is 2. The predicted octanol–water partition coefficient (Wildman–Crippen LogP) is 1.75. The summed E-state index contributed by atoms with van der Waals surface area (Å²) in [6.45, 7) is 5.07. The zero-order valence-electron chi connectivity index (χ0n) is 11.3. The Kier molecular flexibility index (Phi) is 4.07. The highest BCUT2D eigenvalue weighted by Gasteiger charge is 2.38. The highest BCUT2D eigenvalue weighted by atomic mass is 16.3. The van der Waals surface area contributed by atoms with Gasteiger partial charge in [-0.1, -0.05) is 6.92 Å². The fraction of sp³-hybridized carbons (Fsp3) is 0.786. The van der Waals surface area contributed by atoms with E-state index in [2.05, 4.69) is 12.0 Å². The van der Waals surface area contributed by atoms with Gasteiger partial charge in [0.15, 0.2) is 0 Å². The molecule has 1 aliphatic carbocycles. The first-order valence-corrected chi connectivity index (χ1v) is 6.95. The first kappa shape index (κ1) is 13.6. The molecule has 4 heteroatoms. The molecule has 0 bridgehead atoms. The normalized spacial score (nSPS) is 30.3. The number of hydrogen-bond donors (Lipinski definition) is 2. The minimum atomic E-state index is -0.902. The Labute approximate surface area is 109 Å². The van der Waals surface area contributed by atoms with Crippen molar-refractivity contribution < 1.29 is 10.2 Å². The van der Waals surface area contributed by atoms with Crippen LogP contribution in [0.4, 0.5) is 0 Å². The zero-order valence-corrected chi connectivity index (χ0v) is 11.3. The van der Waals surface area contributed by atoms with Crippen LogP contribution >= 0.6 is 0 Å². The largest absolute Gasteiger partial charge is 0.390 e. The molecule has 0 saturated heterocycles. The van der Waals surface area contributed by atoms with Gasteiger partial charge in [0.1, 0.15) is 0 Å². The van der Waals surface area contributed by atoms with Crippen LogP contribution in [0, 0.1) is 5.92 Å². The van der Waals surface area contributed by atoms with Crippen molar-refractivity contribution >= 4 is 0 Å². The molecule has 1 aliphatic rings. The third-order valence-electron chi connectivity index (χ3n) is 4.20. The van der Waals surface area contributed by atoms with Crippen molar-refractivity contribution in [2.24, 2.45) is 5.92 Å². The summed E-state index contributed by atoms with van der Waals surface area (Å²) in [7, 11) is 0. The summed E-state index contributed by atoms with van der Waals surface area (Å²) in [5.41, 5.74) is 0.0947. The van der Waals surface area contributed by atoms with Crippen LogP contribution in [0.25, 0.3) is 0 Å². The van der Waals surface area contributed by atoms with Gasteiger partial charge in [-0.15, -0.1) is 0 Å². The van der Waals surface area contributed by atoms with Gasteiger partial charge in [0, 0.05) is 19.2 Å². The zero-order chi connectivity index (χ0) is 13.2. The summed E-state index contributed by atoms with van der Waals surface area (Å²) in [4.78, 5) is 0. The molecule has 2 N–H and O–H groups in total. The molecule has 1 heterocycles. The van der Waals surface area contributed by atoms with E-state index < -0.39 is 11.7 Å². The molecule has 0 aromatic carbocycles. The van der Waals surface area contributed by atoms with Crippen molar-refractivity contribution in [2.45, 2.75) is 64.2 Å². The van der Waals surface area contributed by atoms with E-state index in [9.17, 15) is 10.2 Å². The van der Waals surface area contributed by atoms with E-state index in [1.165, 1.54) is 0 Å². The van der Waals surface area contributed by atoms with E-state index in [-0.39, 0.29) is 0 Å². The molecule has 102 valence electrons. The Morgan fingerprint density at radius 3 is 2.72 bits per heavy atom. The van der Waals surface area contributed by atoms with Crippen LogP contribution in [0.1, 0.15) is 45.1 Å². The van der Waals surface area contributed by atoms with E-state index in [4.69, 9.17) is 0 Å². The molecular weight excluding hydrogens is 228 g/mol. The van der Waals surface area contributed by atoms with Gasteiger partial charge in [-0.05, 0) is 44.1 Å². The smallest absolute Gasteiger partial charge is 0.0909 e. The molecule has 1 saturated carbocycles. The van der Waals surface area contributed by atoms with E-state index in [0.717, 1.165) is 24.9 Å². The molecule has 0 amide bonds. The Bertz CT molecular complexity index is 381. The van der Waals surface area contributed by atoms with E-state index in [0.29, 0.717) is 25.2 Å². The Hall–Kier alpha value is -0.870. The molecule has 4 nitrogen and oxygen atoms in total. The molecule has 0 radical (unpaired) electrons. The van der Waals surface area contributed by atoms with Gasteiger partial charge in [0.2, 0.25) is 0 Å². The van der Waals surface area contributed by atoms with E-state index in [1.54, 1.807) is 6.20 Å². The maximum atomic E-state index is 10.5. The predicted molar refractivity (Wildman–Crippen MR) is 70.2 cm³/mol. The van der Waals surface area contributed by atoms with Crippen molar-refractivity contribution in [1.29, 1.82) is 0 Å². The average molecular weight is 252 g/mol. The maximum Gasteiger partial charge on any atom is 0.0909 e.